The Hall–Kier alpha value is 0.0969. The highest BCUT2D eigenvalue weighted by atomic mass is 28.4. The fourth-order valence-electron chi connectivity index (χ4n) is 2.17. The van der Waals surface area contributed by atoms with E-state index in [0.717, 1.165) is 13.2 Å². The van der Waals surface area contributed by atoms with Crippen molar-refractivity contribution in [3.05, 3.63) is 0 Å². The van der Waals surface area contributed by atoms with Gasteiger partial charge in [0.2, 0.25) is 0 Å². The Morgan fingerprint density at radius 1 is 0.938 bits per heavy atom. The molecule has 1 aliphatic rings. The Bertz CT molecular complexity index is 202. The Morgan fingerprint density at radius 3 is 1.56 bits per heavy atom. The van der Waals surface area contributed by atoms with Gasteiger partial charge < -0.3 is 13.6 Å². The van der Waals surface area contributed by atoms with Gasteiger partial charge in [-0.25, -0.2) is 0 Å². The van der Waals surface area contributed by atoms with E-state index in [1.165, 1.54) is 0 Å². The van der Waals surface area contributed by atoms with Crippen molar-refractivity contribution in [2.75, 3.05) is 13.2 Å². The lowest BCUT2D eigenvalue weighted by Crippen LogP contribution is -2.58. The van der Waals surface area contributed by atoms with Crippen molar-refractivity contribution >= 4 is 8.56 Å². The second-order valence-electron chi connectivity index (χ2n) is 5.44. The van der Waals surface area contributed by atoms with Crippen LogP contribution in [0.4, 0.5) is 0 Å². The molecule has 16 heavy (non-hydrogen) atoms. The van der Waals surface area contributed by atoms with Crippen LogP contribution in [0.1, 0.15) is 41.5 Å². The first-order chi connectivity index (χ1) is 7.38. The summed E-state index contributed by atoms with van der Waals surface area (Å²) >= 11 is 0. The first-order valence-corrected chi connectivity index (χ1v) is 8.29. The van der Waals surface area contributed by atoms with E-state index in [4.69, 9.17) is 13.6 Å². The van der Waals surface area contributed by atoms with E-state index in [0.29, 0.717) is 11.1 Å². The third kappa shape index (κ3) is 3.06. The lowest BCUT2D eigenvalue weighted by atomic mass is 10.4. The van der Waals surface area contributed by atoms with Crippen molar-refractivity contribution < 1.29 is 13.6 Å². The van der Waals surface area contributed by atoms with Crippen LogP contribution in [-0.4, -0.2) is 34.0 Å². The second-order valence-corrected chi connectivity index (χ2v) is 9.33. The van der Waals surface area contributed by atoms with E-state index in [1.807, 2.05) is 0 Å². The number of ether oxygens (including phenoxy) is 1. The van der Waals surface area contributed by atoms with Crippen LogP contribution in [-0.2, 0) is 13.6 Å². The van der Waals surface area contributed by atoms with E-state index >= 15 is 0 Å². The summed E-state index contributed by atoms with van der Waals surface area (Å²) < 4.78 is 17.8. The average molecular weight is 246 g/mol. The molecule has 0 aromatic rings. The van der Waals surface area contributed by atoms with Gasteiger partial charge in [0.1, 0.15) is 0 Å². The Morgan fingerprint density at radius 2 is 1.38 bits per heavy atom. The largest absolute Gasteiger partial charge is 0.391 e. The third-order valence-corrected chi connectivity index (χ3v) is 7.61. The Labute approximate surface area is 101 Å². The molecule has 0 bridgehead atoms. The fraction of sp³-hybridized carbons (Fsp3) is 1.00. The summed E-state index contributed by atoms with van der Waals surface area (Å²) in [7, 11) is -2.14. The molecule has 0 spiro atoms. The molecule has 1 rings (SSSR count). The summed E-state index contributed by atoms with van der Waals surface area (Å²) in [6.45, 7) is 14.4. The minimum absolute atomic E-state index is 0.230. The monoisotopic (exact) mass is 246 g/mol. The molecule has 1 aliphatic heterocycles. The third-order valence-electron chi connectivity index (χ3n) is 2.85. The molecule has 0 N–H and O–H groups in total. The lowest BCUT2D eigenvalue weighted by Gasteiger charge is -2.46. The van der Waals surface area contributed by atoms with Crippen LogP contribution in [0.5, 0.6) is 0 Å². The summed E-state index contributed by atoms with van der Waals surface area (Å²) in [5.74, 6) is 0. The standard InChI is InChI=1S/C12H26O3Si/c1-9(2)14-16(11(5)6,15-10(3)4)12-7-13-8-12/h9-12H,7-8H2,1-6H3. The quantitative estimate of drug-likeness (QED) is 0.674. The van der Waals surface area contributed by atoms with Crippen molar-refractivity contribution in [2.24, 2.45) is 0 Å². The van der Waals surface area contributed by atoms with E-state index in [-0.39, 0.29) is 12.2 Å². The van der Waals surface area contributed by atoms with Crippen molar-refractivity contribution in [1.82, 2.24) is 0 Å². The summed E-state index contributed by atoms with van der Waals surface area (Å²) in [6, 6.07) is 0. The molecule has 1 saturated heterocycles. The van der Waals surface area contributed by atoms with Gasteiger partial charge in [-0.1, -0.05) is 13.8 Å². The summed E-state index contributed by atoms with van der Waals surface area (Å²) in [6.07, 6.45) is 0.460. The molecule has 0 amide bonds. The molecule has 0 atom stereocenters. The predicted molar refractivity (Wildman–Crippen MR) is 67.9 cm³/mol. The van der Waals surface area contributed by atoms with Crippen LogP contribution in [0.2, 0.25) is 11.1 Å². The second kappa shape index (κ2) is 5.62. The SMILES string of the molecule is CC(C)O[Si](OC(C)C)(C(C)C)C1COC1. The molecular formula is C12H26O3Si. The van der Waals surface area contributed by atoms with Gasteiger partial charge >= 0.3 is 8.56 Å². The van der Waals surface area contributed by atoms with Crippen LogP contribution in [0.15, 0.2) is 0 Å². The summed E-state index contributed by atoms with van der Waals surface area (Å²) in [4.78, 5) is 0. The predicted octanol–water partition coefficient (Wildman–Crippen LogP) is 3.09. The van der Waals surface area contributed by atoms with Crippen LogP contribution >= 0.6 is 0 Å². The summed E-state index contributed by atoms with van der Waals surface area (Å²) in [5.41, 5.74) is 0.962. The van der Waals surface area contributed by atoms with Crippen molar-refractivity contribution in [1.29, 1.82) is 0 Å². The molecule has 0 aliphatic carbocycles. The molecule has 1 heterocycles. The molecule has 1 fully saturated rings. The van der Waals surface area contributed by atoms with E-state index in [1.54, 1.807) is 0 Å². The van der Waals surface area contributed by atoms with E-state index in [9.17, 15) is 0 Å². The lowest BCUT2D eigenvalue weighted by molar-refractivity contribution is -0.00761. The Kier molecular flexibility index (Phi) is 4.98. The Balaban J connectivity index is 2.83. The van der Waals surface area contributed by atoms with Crippen LogP contribution in [0.25, 0.3) is 0 Å². The van der Waals surface area contributed by atoms with Gasteiger partial charge in [0.15, 0.2) is 0 Å². The van der Waals surface area contributed by atoms with Gasteiger partial charge in [-0.05, 0) is 33.2 Å². The molecular weight excluding hydrogens is 220 g/mol. The highest BCUT2D eigenvalue weighted by Crippen LogP contribution is 2.40. The average Bonchev–Trinajstić information content (AvgIpc) is 1.96. The van der Waals surface area contributed by atoms with E-state index < -0.39 is 8.56 Å². The maximum absolute atomic E-state index is 6.25. The minimum Gasteiger partial charge on any atom is -0.391 e. The summed E-state index contributed by atoms with van der Waals surface area (Å²) in [5, 5.41) is 0. The fourth-order valence-corrected chi connectivity index (χ4v) is 6.27. The molecule has 3 nitrogen and oxygen atoms in total. The molecule has 96 valence electrons. The van der Waals surface area contributed by atoms with Crippen molar-refractivity contribution in [3.8, 4) is 0 Å². The highest BCUT2D eigenvalue weighted by Gasteiger charge is 2.53. The van der Waals surface area contributed by atoms with Gasteiger partial charge in [-0.3, -0.25) is 0 Å². The number of hydrogen-bond donors (Lipinski definition) is 0. The highest BCUT2D eigenvalue weighted by molar-refractivity contribution is 6.70. The van der Waals surface area contributed by atoms with Crippen LogP contribution < -0.4 is 0 Å². The topological polar surface area (TPSA) is 27.7 Å². The maximum atomic E-state index is 6.25. The number of rotatable bonds is 6. The van der Waals surface area contributed by atoms with Crippen molar-refractivity contribution in [2.45, 2.75) is 64.8 Å². The normalized spacial score (nSPS) is 18.6. The van der Waals surface area contributed by atoms with Crippen molar-refractivity contribution in [3.63, 3.8) is 0 Å². The zero-order valence-electron chi connectivity index (χ0n) is 11.4. The zero-order valence-corrected chi connectivity index (χ0v) is 12.4. The number of hydrogen-bond acceptors (Lipinski definition) is 3. The van der Waals surface area contributed by atoms with Crippen LogP contribution in [0.3, 0.4) is 0 Å². The molecule has 0 saturated carbocycles. The minimum atomic E-state index is -2.14. The molecule has 0 radical (unpaired) electrons. The van der Waals surface area contributed by atoms with Gasteiger partial charge in [-0.2, -0.15) is 0 Å². The zero-order chi connectivity index (χ0) is 12.3. The van der Waals surface area contributed by atoms with Gasteiger partial charge in [0.05, 0.1) is 13.2 Å². The molecule has 0 aromatic carbocycles. The van der Waals surface area contributed by atoms with Gasteiger partial charge in [-0.15, -0.1) is 0 Å². The molecule has 0 unspecified atom stereocenters. The van der Waals surface area contributed by atoms with Gasteiger partial charge in [0, 0.05) is 17.7 Å². The van der Waals surface area contributed by atoms with E-state index in [2.05, 4.69) is 41.5 Å². The first-order valence-electron chi connectivity index (χ1n) is 6.31. The van der Waals surface area contributed by atoms with Crippen LogP contribution in [0, 0.1) is 0 Å². The maximum Gasteiger partial charge on any atom is 0.349 e. The smallest absolute Gasteiger partial charge is 0.349 e. The van der Waals surface area contributed by atoms with Gasteiger partial charge in [0.25, 0.3) is 0 Å². The molecule has 4 heteroatoms. The first kappa shape index (κ1) is 14.2. The molecule has 0 aromatic heterocycles.